The van der Waals surface area contributed by atoms with Crippen LogP contribution in [0.15, 0.2) is 30.3 Å². The predicted octanol–water partition coefficient (Wildman–Crippen LogP) is 1.70. The first kappa shape index (κ1) is 14.6. The van der Waals surface area contributed by atoms with Crippen LogP contribution in [0.1, 0.15) is 13.3 Å². The van der Waals surface area contributed by atoms with Crippen molar-refractivity contribution in [3.63, 3.8) is 0 Å². The molecule has 2 amide bonds. The number of anilines is 1. The van der Waals surface area contributed by atoms with E-state index in [1.807, 2.05) is 6.92 Å². The van der Waals surface area contributed by atoms with Gasteiger partial charge in [0.2, 0.25) is 0 Å². The van der Waals surface area contributed by atoms with Crippen molar-refractivity contribution >= 4 is 17.7 Å². The van der Waals surface area contributed by atoms with Gasteiger partial charge in [-0.1, -0.05) is 31.0 Å². The molecule has 1 aromatic rings. The van der Waals surface area contributed by atoms with Crippen molar-refractivity contribution in [1.82, 2.24) is 5.32 Å². The minimum absolute atomic E-state index is 0.410. The van der Waals surface area contributed by atoms with E-state index < -0.39 is 24.6 Å². The molecular weight excluding hydrogens is 244 g/mol. The molecule has 0 aliphatic carbocycles. The van der Waals surface area contributed by atoms with E-state index in [1.165, 1.54) is 0 Å². The van der Waals surface area contributed by atoms with Gasteiger partial charge >= 0.3 is 12.0 Å². The number of urea groups is 1. The van der Waals surface area contributed by atoms with E-state index in [1.54, 1.807) is 30.3 Å². The summed E-state index contributed by atoms with van der Waals surface area (Å²) < 4.78 is 0. The molecule has 19 heavy (non-hydrogen) atoms. The Morgan fingerprint density at radius 1 is 1.42 bits per heavy atom. The summed E-state index contributed by atoms with van der Waals surface area (Å²) in [7, 11) is 0. The molecule has 5 heteroatoms. The summed E-state index contributed by atoms with van der Waals surface area (Å²) in [4.78, 5) is 24.1. The SMILES string of the molecule is C#CC(CC)NC(=O)N(CC(=O)O)c1ccccc1. The number of hydrogen-bond acceptors (Lipinski definition) is 2. The minimum Gasteiger partial charge on any atom is -0.480 e. The zero-order chi connectivity index (χ0) is 14.3. The molecule has 1 rings (SSSR count). The van der Waals surface area contributed by atoms with E-state index in [2.05, 4.69) is 11.2 Å². The molecule has 100 valence electrons. The second-order valence-electron chi connectivity index (χ2n) is 3.89. The standard InChI is InChI=1S/C14H16N2O3/c1-3-11(4-2)15-14(19)16(10-13(17)18)12-8-6-5-7-9-12/h1,5-9,11H,4,10H2,2H3,(H,15,19)(H,17,18). The van der Waals surface area contributed by atoms with Gasteiger partial charge in [0.1, 0.15) is 6.54 Å². The highest BCUT2D eigenvalue weighted by Crippen LogP contribution is 2.13. The van der Waals surface area contributed by atoms with E-state index in [4.69, 9.17) is 11.5 Å². The third-order valence-electron chi connectivity index (χ3n) is 2.51. The number of carboxylic acid groups (broad SMARTS) is 1. The Hall–Kier alpha value is -2.48. The van der Waals surface area contributed by atoms with E-state index in [9.17, 15) is 9.59 Å². The molecule has 0 radical (unpaired) electrons. The molecule has 0 saturated heterocycles. The Kier molecular flexibility index (Phi) is 5.42. The smallest absolute Gasteiger partial charge is 0.323 e. The van der Waals surface area contributed by atoms with E-state index in [0.29, 0.717) is 12.1 Å². The number of carbonyl (C=O) groups excluding carboxylic acids is 1. The molecule has 0 bridgehead atoms. The zero-order valence-corrected chi connectivity index (χ0v) is 10.7. The first-order valence-corrected chi connectivity index (χ1v) is 5.89. The summed E-state index contributed by atoms with van der Waals surface area (Å²) in [6, 6.07) is 7.66. The van der Waals surface area contributed by atoms with Crippen LogP contribution in [0.3, 0.4) is 0 Å². The number of amides is 2. The van der Waals surface area contributed by atoms with Crippen molar-refractivity contribution in [2.75, 3.05) is 11.4 Å². The molecule has 0 saturated carbocycles. The van der Waals surface area contributed by atoms with Gasteiger partial charge in [-0.2, -0.15) is 0 Å². The van der Waals surface area contributed by atoms with Gasteiger partial charge in [-0.3, -0.25) is 9.69 Å². The monoisotopic (exact) mass is 260 g/mol. The zero-order valence-electron chi connectivity index (χ0n) is 10.7. The van der Waals surface area contributed by atoms with Gasteiger partial charge in [-0.05, 0) is 18.6 Å². The van der Waals surface area contributed by atoms with Crippen molar-refractivity contribution in [3.05, 3.63) is 30.3 Å². The van der Waals surface area contributed by atoms with Gasteiger partial charge in [0.05, 0.1) is 6.04 Å². The first-order valence-electron chi connectivity index (χ1n) is 5.89. The van der Waals surface area contributed by atoms with Crippen LogP contribution in [0, 0.1) is 12.3 Å². The number of terminal acetylenes is 1. The third-order valence-corrected chi connectivity index (χ3v) is 2.51. The van der Waals surface area contributed by atoms with Crippen LogP contribution in [-0.2, 0) is 4.79 Å². The summed E-state index contributed by atoms with van der Waals surface area (Å²) >= 11 is 0. The summed E-state index contributed by atoms with van der Waals surface area (Å²) in [6.07, 6.45) is 5.85. The van der Waals surface area contributed by atoms with Crippen LogP contribution >= 0.6 is 0 Å². The number of carboxylic acids is 1. The number of nitrogens with one attached hydrogen (secondary N) is 1. The van der Waals surface area contributed by atoms with Gasteiger partial charge < -0.3 is 10.4 Å². The van der Waals surface area contributed by atoms with Gasteiger partial charge in [-0.25, -0.2) is 4.79 Å². The number of rotatable bonds is 5. The number of nitrogens with zero attached hydrogens (tertiary/aromatic N) is 1. The van der Waals surface area contributed by atoms with Crippen LogP contribution in [0.2, 0.25) is 0 Å². The average molecular weight is 260 g/mol. The largest absolute Gasteiger partial charge is 0.480 e. The van der Waals surface area contributed by atoms with Gasteiger partial charge in [-0.15, -0.1) is 6.42 Å². The Labute approximate surface area is 112 Å². The maximum Gasteiger partial charge on any atom is 0.323 e. The number of benzene rings is 1. The van der Waals surface area contributed by atoms with E-state index in [0.717, 1.165) is 4.90 Å². The highest BCUT2D eigenvalue weighted by Gasteiger charge is 2.20. The van der Waals surface area contributed by atoms with Crippen molar-refractivity contribution < 1.29 is 14.7 Å². The maximum atomic E-state index is 12.1. The summed E-state index contributed by atoms with van der Waals surface area (Å²) in [5.74, 6) is 1.35. The molecule has 0 aliphatic rings. The van der Waals surface area contributed by atoms with Crippen molar-refractivity contribution in [2.45, 2.75) is 19.4 Å². The highest BCUT2D eigenvalue weighted by molar-refractivity contribution is 5.96. The number of carbonyl (C=O) groups is 2. The molecule has 0 heterocycles. The van der Waals surface area contributed by atoms with Crippen LogP contribution in [0.4, 0.5) is 10.5 Å². The van der Waals surface area contributed by atoms with Gasteiger partial charge in [0.25, 0.3) is 0 Å². The Balaban J connectivity index is 2.89. The molecule has 0 fully saturated rings. The molecule has 1 aromatic carbocycles. The summed E-state index contributed by atoms with van der Waals surface area (Å²) in [5.41, 5.74) is 0.509. The van der Waals surface area contributed by atoms with Gasteiger partial charge in [0, 0.05) is 5.69 Å². The third kappa shape index (κ3) is 4.36. The summed E-state index contributed by atoms with van der Waals surface area (Å²) in [6.45, 7) is 1.42. The number of aliphatic carboxylic acids is 1. The van der Waals surface area contributed by atoms with Crippen LogP contribution in [-0.4, -0.2) is 29.7 Å². The Morgan fingerprint density at radius 3 is 2.53 bits per heavy atom. The lowest BCUT2D eigenvalue weighted by Gasteiger charge is -2.23. The first-order chi connectivity index (χ1) is 9.08. The topological polar surface area (TPSA) is 69.6 Å². The Bertz CT molecular complexity index is 479. The lowest BCUT2D eigenvalue weighted by Crippen LogP contribution is -2.46. The Morgan fingerprint density at radius 2 is 2.05 bits per heavy atom. The highest BCUT2D eigenvalue weighted by atomic mass is 16.4. The summed E-state index contributed by atoms with van der Waals surface area (Å²) in [5, 5.41) is 11.5. The molecule has 0 spiro atoms. The fourth-order valence-electron chi connectivity index (χ4n) is 1.51. The molecule has 0 aliphatic heterocycles. The minimum atomic E-state index is -1.09. The predicted molar refractivity (Wildman–Crippen MR) is 72.9 cm³/mol. The fraction of sp³-hybridized carbons (Fsp3) is 0.286. The van der Waals surface area contributed by atoms with Crippen molar-refractivity contribution in [1.29, 1.82) is 0 Å². The normalized spacial score (nSPS) is 11.2. The molecule has 1 unspecified atom stereocenters. The number of hydrogen-bond donors (Lipinski definition) is 2. The maximum absolute atomic E-state index is 12.1. The van der Waals surface area contributed by atoms with Crippen LogP contribution in [0.25, 0.3) is 0 Å². The lowest BCUT2D eigenvalue weighted by atomic mass is 10.2. The average Bonchev–Trinajstić information content (AvgIpc) is 2.42. The second kappa shape index (κ2) is 7.07. The molecule has 1 atom stereocenters. The number of para-hydroxylation sites is 1. The molecule has 0 aromatic heterocycles. The van der Waals surface area contributed by atoms with Crippen LogP contribution < -0.4 is 10.2 Å². The van der Waals surface area contributed by atoms with Gasteiger partial charge in [0.15, 0.2) is 0 Å². The fourth-order valence-corrected chi connectivity index (χ4v) is 1.51. The molecule has 2 N–H and O–H groups in total. The van der Waals surface area contributed by atoms with E-state index in [-0.39, 0.29) is 0 Å². The van der Waals surface area contributed by atoms with Crippen molar-refractivity contribution in [3.8, 4) is 12.3 Å². The molecule has 5 nitrogen and oxygen atoms in total. The van der Waals surface area contributed by atoms with Crippen LogP contribution in [0.5, 0.6) is 0 Å². The van der Waals surface area contributed by atoms with E-state index >= 15 is 0 Å². The quantitative estimate of drug-likeness (QED) is 0.792. The lowest BCUT2D eigenvalue weighted by molar-refractivity contribution is -0.135. The second-order valence-corrected chi connectivity index (χ2v) is 3.89. The molecular formula is C14H16N2O3. The van der Waals surface area contributed by atoms with Crippen molar-refractivity contribution in [2.24, 2.45) is 0 Å².